The van der Waals surface area contributed by atoms with Crippen molar-refractivity contribution >= 4 is 11.3 Å². The van der Waals surface area contributed by atoms with Gasteiger partial charge in [0.2, 0.25) is 0 Å². The zero-order chi connectivity index (χ0) is 13.0. The van der Waals surface area contributed by atoms with Crippen LogP contribution in [0.4, 0.5) is 0 Å². The zero-order valence-corrected chi connectivity index (χ0v) is 12.1. The van der Waals surface area contributed by atoms with E-state index < -0.39 is 0 Å². The smallest absolute Gasteiger partial charge is 0.0798 e. The highest BCUT2D eigenvalue weighted by Gasteiger charge is 2.16. The molecule has 2 aromatic rings. The molecule has 1 heterocycles. The van der Waals surface area contributed by atoms with E-state index in [1.807, 2.05) is 5.51 Å². The molecule has 0 radical (unpaired) electrons. The molecule has 0 aliphatic heterocycles. The lowest BCUT2D eigenvalue weighted by molar-refractivity contribution is 0.554. The molecule has 1 unspecified atom stereocenters. The number of likely N-dealkylation sites (N-methyl/N-ethyl adjacent to an activating group) is 1. The molecule has 1 aromatic heterocycles. The predicted octanol–water partition coefficient (Wildman–Crippen LogP) is 3.65. The summed E-state index contributed by atoms with van der Waals surface area (Å²) < 4.78 is 0. The first kappa shape index (κ1) is 13.2. The molecule has 0 saturated carbocycles. The van der Waals surface area contributed by atoms with Gasteiger partial charge in [-0.2, -0.15) is 0 Å². The highest BCUT2D eigenvalue weighted by atomic mass is 32.1. The van der Waals surface area contributed by atoms with Crippen LogP contribution in [-0.2, 0) is 6.42 Å². The van der Waals surface area contributed by atoms with Crippen LogP contribution in [0.1, 0.15) is 34.7 Å². The monoisotopic (exact) mass is 260 g/mol. The summed E-state index contributed by atoms with van der Waals surface area (Å²) in [6, 6.07) is 8.99. The number of nitrogens with zero attached hydrogens (tertiary/aromatic N) is 1. The first-order chi connectivity index (χ1) is 8.72. The van der Waals surface area contributed by atoms with E-state index in [0.29, 0.717) is 6.04 Å². The first-order valence-corrected chi connectivity index (χ1v) is 7.28. The number of hydrogen-bond acceptors (Lipinski definition) is 3. The van der Waals surface area contributed by atoms with Gasteiger partial charge in [-0.1, -0.05) is 31.2 Å². The summed E-state index contributed by atoms with van der Waals surface area (Å²) in [6.45, 7) is 7.40. The average Bonchev–Trinajstić information content (AvgIpc) is 2.78. The van der Waals surface area contributed by atoms with Crippen molar-refractivity contribution in [3.63, 3.8) is 0 Å². The van der Waals surface area contributed by atoms with Crippen molar-refractivity contribution in [2.45, 2.75) is 33.2 Å². The summed E-state index contributed by atoms with van der Waals surface area (Å²) >= 11 is 1.75. The van der Waals surface area contributed by atoms with Gasteiger partial charge in [-0.3, -0.25) is 0 Å². The molecular formula is C15H20N2S. The highest BCUT2D eigenvalue weighted by molar-refractivity contribution is 7.09. The van der Waals surface area contributed by atoms with Crippen LogP contribution in [0.2, 0.25) is 0 Å². The summed E-state index contributed by atoms with van der Waals surface area (Å²) in [6.07, 6.45) is 1.03. The van der Waals surface area contributed by atoms with Gasteiger partial charge in [0.1, 0.15) is 0 Å². The molecule has 0 amide bonds. The number of hydrogen-bond donors (Lipinski definition) is 1. The molecule has 3 heteroatoms. The molecule has 0 spiro atoms. The molecule has 2 nitrogen and oxygen atoms in total. The van der Waals surface area contributed by atoms with Gasteiger partial charge in [-0.25, -0.2) is 4.98 Å². The summed E-state index contributed by atoms with van der Waals surface area (Å²) in [4.78, 5) is 5.72. The number of benzene rings is 1. The predicted molar refractivity (Wildman–Crippen MR) is 78.2 cm³/mol. The lowest BCUT2D eigenvalue weighted by Crippen LogP contribution is -2.23. The molecule has 1 aromatic carbocycles. The van der Waals surface area contributed by atoms with Crippen molar-refractivity contribution in [2.24, 2.45) is 0 Å². The van der Waals surface area contributed by atoms with Crippen LogP contribution in [0.3, 0.4) is 0 Å². The zero-order valence-electron chi connectivity index (χ0n) is 11.2. The van der Waals surface area contributed by atoms with Crippen LogP contribution in [0.25, 0.3) is 0 Å². The molecule has 1 atom stereocenters. The topological polar surface area (TPSA) is 24.9 Å². The Morgan fingerprint density at radius 2 is 2.06 bits per heavy atom. The molecule has 0 aliphatic rings. The van der Waals surface area contributed by atoms with Gasteiger partial charge in [-0.05, 0) is 37.9 Å². The SMILES string of the molecule is CCNC(Cc1ccccc1C)c1scnc1C. The van der Waals surface area contributed by atoms with E-state index in [9.17, 15) is 0 Å². The van der Waals surface area contributed by atoms with Crippen LogP contribution < -0.4 is 5.32 Å². The van der Waals surface area contributed by atoms with Crippen LogP contribution in [0.5, 0.6) is 0 Å². The number of aromatic nitrogens is 1. The largest absolute Gasteiger partial charge is 0.309 e. The summed E-state index contributed by atoms with van der Waals surface area (Å²) in [5.41, 5.74) is 5.87. The Morgan fingerprint density at radius 1 is 1.28 bits per heavy atom. The fourth-order valence-electron chi connectivity index (χ4n) is 2.21. The van der Waals surface area contributed by atoms with E-state index in [1.165, 1.54) is 16.0 Å². The van der Waals surface area contributed by atoms with Gasteiger partial charge in [0.25, 0.3) is 0 Å². The van der Waals surface area contributed by atoms with Crippen molar-refractivity contribution in [3.05, 3.63) is 51.5 Å². The maximum Gasteiger partial charge on any atom is 0.0798 e. The molecule has 0 aliphatic carbocycles. The van der Waals surface area contributed by atoms with Crippen molar-refractivity contribution in [3.8, 4) is 0 Å². The van der Waals surface area contributed by atoms with Crippen molar-refractivity contribution in [1.29, 1.82) is 0 Å². The van der Waals surface area contributed by atoms with Gasteiger partial charge in [-0.15, -0.1) is 11.3 Å². The molecule has 0 fully saturated rings. The van der Waals surface area contributed by atoms with Gasteiger partial charge < -0.3 is 5.32 Å². The fraction of sp³-hybridized carbons (Fsp3) is 0.400. The minimum absolute atomic E-state index is 0.378. The Labute approximate surface area is 113 Å². The molecule has 2 rings (SSSR count). The number of nitrogens with one attached hydrogen (secondary N) is 1. The standard InChI is InChI=1S/C15H20N2S/c1-4-16-14(15-12(3)17-10-18-15)9-13-8-6-5-7-11(13)2/h5-8,10,14,16H,4,9H2,1-3H3. The second kappa shape index (κ2) is 6.12. The van der Waals surface area contributed by atoms with Gasteiger partial charge in [0.15, 0.2) is 0 Å². The van der Waals surface area contributed by atoms with E-state index in [0.717, 1.165) is 18.7 Å². The number of thiazole rings is 1. The van der Waals surface area contributed by atoms with Gasteiger partial charge in [0, 0.05) is 10.9 Å². The Kier molecular flexibility index (Phi) is 4.50. The number of aryl methyl sites for hydroxylation is 2. The Bertz CT molecular complexity index is 505. The van der Waals surface area contributed by atoms with Crippen LogP contribution in [0.15, 0.2) is 29.8 Å². The first-order valence-electron chi connectivity index (χ1n) is 6.40. The molecule has 18 heavy (non-hydrogen) atoms. The van der Waals surface area contributed by atoms with Crippen molar-refractivity contribution < 1.29 is 0 Å². The Morgan fingerprint density at radius 3 is 2.67 bits per heavy atom. The minimum atomic E-state index is 0.378. The van der Waals surface area contributed by atoms with Gasteiger partial charge >= 0.3 is 0 Å². The normalized spacial score (nSPS) is 12.6. The van der Waals surface area contributed by atoms with Crippen LogP contribution in [0, 0.1) is 13.8 Å². The van der Waals surface area contributed by atoms with E-state index in [1.54, 1.807) is 11.3 Å². The number of rotatable bonds is 5. The molecule has 1 N–H and O–H groups in total. The van der Waals surface area contributed by atoms with Crippen molar-refractivity contribution in [1.82, 2.24) is 10.3 Å². The third-order valence-corrected chi connectivity index (χ3v) is 4.28. The molecule has 0 bridgehead atoms. The maximum atomic E-state index is 4.36. The fourth-order valence-corrected chi connectivity index (χ4v) is 3.09. The molecular weight excluding hydrogens is 240 g/mol. The van der Waals surface area contributed by atoms with Gasteiger partial charge in [0.05, 0.1) is 11.2 Å². The second-order valence-electron chi connectivity index (χ2n) is 4.54. The lowest BCUT2D eigenvalue weighted by Gasteiger charge is -2.18. The molecule has 96 valence electrons. The van der Waals surface area contributed by atoms with E-state index >= 15 is 0 Å². The van der Waals surface area contributed by atoms with E-state index in [4.69, 9.17) is 0 Å². The third-order valence-electron chi connectivity index (χ3n) is 3.23. The summed E-state index contributed by atoms with van der Waals surface area (Å²) in [5.74, 6) is 0. The average molecular weight is 260 g/mol. The maximum absolute atomic E-state index is 4.36. The third kappa shape index (κ3) is 2.98. The van der Waals surface area contributed by atoms with Crippen LogP contribution >= 0.6 is 11.3 Å². The Hall–Kier alpha value is -1.19. The van der Waals surface area contributed by atoms with Crippen molar-refractivity contribution in [2.75, 3.05) is 6.54 Å². The quantitative estimate of drug-likeness (QED) is 0.887. The second-order valence-corrected chi connectivity index (χ2v) is 5.43. The minimum Gasteiger partial charge on any atom is -0.309 e. The van der Waals surface area contributed by atoms with E-state index in [-0.39, 0.29) is 0 Å². The summed E-state index contributed by atoms with van der Waals surface area (Å²) in [5, 5.41) is 3.57. The highest BCUT2D eigenvalue weighted by Crippen LogP contribution is 2.26. The lowest BCUT2D eigenvalue weighted by atomic mass is 9.99. The molecule has 0 saturated heterocycles. The van der Waals surface area contributed by atoms with E-state index in [2.05, 4.69) is 55.3 Å². The Balaban J connectivity index is 2.22. The summed E-state index contributed by atoms with van der Waals surface area (Å²) in [7, 11) is 0. The van der Waals surface area contributed by atoms with Crippen LogP contribution in [-0.4, -0.2) is 11.5 Å².